The number of nitrogens with zero attached hydrogens (tertiary/aromatic N) is 3. The molecule has 0 bridgehead atoms. The van der Waals surface area contributed by atoms with E-state index in [0.717, 1.165) is 0 Å². The number of piperidine rings is 1. The van der Waals surface area contributed by atoms with E-state index >= 15 is 0 Å². The van der Waals surface area contributed by atoms with E-state index in [2.05, 4.69) is 4.98 Å². The minimum atomic E-state index is -4.19. The molecule has 1 aliphatic heterocycles. The zero-order valence-corrected chi connectivity index (χ0v) is 10.5. The van der Waals surface area contributed by atoms with Crippen molar-refractivity contribution in [3.05, 3.63) is 29.6 Å². The quantitative estimate of drug-likeness (QED) is 0.795. The molecule has 2 heterocycles. The summed E-state index contributed by atoms with van der Waals surface area (Å²) < 4.78 is 37.6. The van der Waals surface area contributed by atoms with Gasteiger partial charge in [-0.15, -0.1) is 0 Å². The van der Waals surface area contributed by atoms with E-state index in [1.165, 1.54) is 23.2 Å². The second-order valence-corrected chi connectivity index (χ2v) is 4.65. The van der Waals surface area contributed by atoms with Crippen LogP contribution in [0.2, 0.25) is 0 Å². The van der Waals surface area contributed by atoms with Gasteiger partial charge in [0.05, 0.1) is 5.92 Å². The number of amides is 1. The summed E-state index contributed by atoms with van der Waals surface area (Å²) in [6.45, 7) is 0.153. The first kappa shape index (κ1) is 14.3. The number of halogens is 3. The smallest absolute Gasteiger partial charge is 0.339 e. The maximum absolute atomic E-state index is 12.5. The molecule has 0 N–H and O–H groups in total. The van der Waals surface area contributed by atoms with Gasteiger partial charge in [0.1, 0.15) is 11.8 Å². The highest BCUT2D eigenvalue weighted by Gasteiger charge is 2.41. The summed E-state index contributed by atoms with van der Waals surface area (Å²) in [6, 6.07) is 4.62. The molecule has 0 spiro atoms. The first-order chi connectivity index (χ1) is 9.41. The van der Waals surface area contributed by atoms with Crippen LogP contribution in [-0.4, -0.2) is 35.1 Å². The van der Waals surface area contributed by atoms with Gasteiger partial charge < -0.3 is 4.90 Å². The highest BCUT2D eigenvalue weighted by atomic mass is 19.4. The Morgan fingerprint density at radius 3 is 2.60 bits per heavy atom. The molecular weight excluding hydrogens is 271 g/mol. The summed E-state index contributed by atoms with van der Waals surface area (Å²) in [7, 11) is 0. The Balaban J connectivity index is 2.03. The minimum absolute atomic E-state index is 0.0766. The fourth-order valence-corrected chi connectivity index (χ4v) is 2.22. The Bertz CT molecular complexity index is 543. The van der Waals surface area contributed by atoms with Gasteiger partial charge in [-0.1, -0.05) is 0 Å². The van der Waals surface area contributed by atoms with E-state index in [9.17, 15) is 18.0 Å². The summed E-state index contributed by atoms with van der Waals surface area (Å²) in [5.41, 5.74) is 0.392. The lowest BCUT2D eigenvalue weighted by molar-refractivity contribution is -0.183. The van der Waals surface area contributed by atoms with Crippen LogP contribution in [0.15, 0.2) is 18.3 Å². The van der Waals surface area contributed by atoms with Crippen molar-refractivity contribution in [2.45, 2.75) is 19.0 Å². The fraction of sp³-hybridized carbons (Fsp3) is 0.462. The second kappa shape index (κ2) is 5.49. The number of nitriles is 1. The largest absolute Gasteiger partial charge is 0.391 e. The van der Waals surface area contributed by atoms with E-state index in [1.54, 1.807) is 0 Å². The maximum Gasteiger partial charge on any atom is 0.391 e. The molecule has 1 amide bonds. The van der Waals surface area contributed by atoms with Crippen molar-refractivity contribution in [1.82, 2.24) is 9.88 Å². The summed E-state index contributed by atoms with van der Waals surface area (Å²) in [6.07, 6.45) is -3.01. The average molecular weight is 283 g/mol. The van der Waals surface area contributed by atoms with Crippen LogP contribution in [0.4, 0.5) is 13.2 Å². The SMILES string of the molecule is N#Cc1cc(C(=O)N2CCC(C(F)(F)F)CC2)ccn1. The summed E-state index contributed by atoms with van der Waals surface area (Å²) in [5, 5.41) is 8.72. The van der Waals surface area contributed by atoms with E-state index in [0.29, 0.717) is 0 Å². The van der Waals surface area contributed by atoms with Gasteiger partial charge in [-0.05, 0) is 25.0 Å². The van der Waals surface area contributed by atoms with Crippen LogP contribution in [0.5, 0.6) is 0 Å². The number of carbonyl (C=O) groups is 1. The van der Waals surface area contributed by atoms with Crippen LogP contribution in [0, 0.1) is 17.2 Å². The van der Waals surface area contributed by atoms with E-state index in [4.69, 9.17) is 5.26 Å². The van der Waals surface area contributed by atoms with Crippen molar-refractivity contribution in [1.29, 1.82) is 5.26 Å². The van der Waals surface area contributed by atoms with Gasteiger partial charge >= 0.3 is 6.18 Å². The van der Waals surface area contributed by atoms with Crippen LogP contribution in [0.1, 0.15) is 28.9 Å². The van der Waals surface area contributed by atoms with Gasteiger partial charge in [-0.3, -0.25) is 4.79 Å². The molecule has 1 aliphatic rings. The number of likely N-dealkylation sites (tertiary alicyclic amines) is 1. The van der Waals surface area contributed by atoms with Crippen LogP contribution in [0.3, 0.4) is 0 Å². The van der Waals surface area contributed by atoms with Gasteiger partial charge in [0.2, 0.25) is 0 Å². The molecule has 0 atom stereocenters. The van der Waals surface area contributed by atoms with Crippen molar-refractivity contribution in [2.24, 2.45) is 5.92 Å². The van der Waals surface area contributed by atoms with Gasteiger partial charge in [0.15, 0.2) is 0 Å². The predicted molar refractivity (Wildman–Crippen MR) is 63.6 cm³/mol. The Hall–Kier alpha value is -2.10. The van der Waals surface area contributed by atoms with Gasteiger partial charge in [0.25, 0.3) is 5.91 Å². The van der Waals surface area contributed by atoms with Crippen LogP contribution in [-0.2, 0) is 0 Å². The Morgan fingerprint density at radius 1 is 1.40 bits per heavy atom. The number of alkyl halides is 3. The number of hydrogen-bond acceptors (Lipinski definition) is 3. The number of carbonyl (C=O) groups excluding carboxylic acids is 1. The van der Waals surface area contributed by atoms with Crippen LogP contribution in [0.25, 0.3) is 0 Å². The molecule has 2 rings (SSSR count). The molecular formula is C13H12F3N3O. The molecule has 106 valence electrons. The molecule has 0 unspecified atom stereocenters. The first-order valence-corrected chi connectivity index (χ1v) is 6.14. The van der Waals surface area contributed by atoms with Crippen molar-refractivity contribution in [3.8, 4) is 6.07 Å². The number of pyridine rings is 1. The van der Waals surface area contributed by atoms with Crippen molar-refractivity contribution in [3.63, 3.8) is 0 Å². The zero-order valence-electron chi connectivity index (χ0n) is 10.5. The third-order valence-corrected chi connectivity index (χ3v) is 3.37. The molecule has 0 aromatic carbocycles. The third kappa shape index (κ3) is 3.07. The lowest BCUT2D eigenvalue weighted by Crippen LogP contribution is -2.42. The molecule has 1 saturated heterocycles. The highest BCUT2D eigenvalue weighted by molar-refractivity contribution is 5.94. The van der Waals surface area contributed by atoms with Crippen molar-refractivity contribution >= 4 is 5.91 Å². The van der Waals surface area contributed by atoms with Crippen LogP contribution >= 0.6 is 0 Å². The summed E-state index contributed by atoms with van der Waals surface area (Å²) in [4.78, 5) is 17.3. The third-order valence-electron chi connectivity index (χ3n) is 3.37. The lowest BCUT2D eigenvalue weighted by Gasteiger charge is -2.32. The van der Waals surface area contributed by atoms with Crippen LogP contribution < -0.4 is 0 Å². The highest BCUT2D eigenvalue weighted by Crippen LogP contribution is 2.34. The Kier molecular flexibility index (Phi) is 3.93. The standard InChI is InChI=1S/C13H12F3N3O/c14-13(15,16)10-2-5-19(6-3-10)12(20)9-1-4-18-11(7-9)8-17/h1,4,7,10H,2-3,5-6H2. The molecule has 0 saturated carbocycles. The Morgan fingerprint density at radius 2 is 2.05 bits per heavy atom. The number of hydrogen-bond donors (Lipinski definition) is 0. The predicted octanol–water partition coefficient (Wildman–Crippen LogP) is 2.37. The second-order valence-electron chi connectivity index (χ2n) is 4.65. The minimum Gasteiger partial charge on any atom is -0.339 e. The number of aromatic nitrogens is 1. The summed E-state index contributed by atoms with van der Waals surface area (Å²) in [5.74, 6) is -1.69. The zero-order chi connectivity index (χ0) is 14.8. The summed E-state index contributed by atoms with van der Waals surface area (Å²) >= 11 is 0. The molecule has 1 aromatic rings. The van der Waals surface area contributed by atoms with Gasteiger partial charge in [-0.2, -0.15) is 18.4 Å². The molecule has 1 aromatic heterocycles. The monoisotopic (exact) mass is 283 g/mol. The van der Waals surface area contributed by atoms with Crippen molar-refractivity contribution in [2.75, 3.05) is 13.1 Å². The molecule has 0 radical (unpaired) electrons. The fourth-order valence-electron chi connectivity index (χ4n) is 2.22. The maximum atomic E-state index is 12.5. The van der Waals surface area contributed by atoms with E-state index in [-0.39, 0.29) is 43.1 Å². The van der Waals surface area contributed by atoms with Gasteiger partial charge in [-0.25, -0.2) is 4.98 Å². The average Bonchev–Trinajstić information content (AvgIpc) is 2.46. The molecule has 4 nitrogen and oxygen atoms in total. The van der Waals surface area contributed by atoms with Crippen molar-refractivity contribution < 1.29 is 18.0 Å². The van der Waals surface area contributed by atoms with E-state index < -0.39 is 12.1 Å². The van der Waals surface area contributed by atoms with E-state index in [1.807, 2.05) is 6.07 Å². The molecule has 0 aliphatic carbocycles. The molecule has 7 heteroatoms. The van der Waals surface area contributed by atoms with Gasteiger partial charge in [0, 0.05) is 24.8 Å². The topological polar surface area (TPSA) is 57.0 Å². The Labute approximate surface area is 113 Å². The normalized spacial score (nSPS) is 16.8. The lowest BCUT2D eigenvalue weighted by atomic mass is 9.96. The first-order valence-electron chi connectivity index (χ1n) is 6.14. The number of rotatable bonds is 1. The molecule has 20 heavy (non-hydrogen) atoms. The molecule has 1 fully saturated rings.